The summed E-state index contributed by atoms with van der Waals surface area (Å²) in [6.45, 7) is 4.17. The maximum absolute atomic E-state index is 2.35. The summed E-state index contributed by atoms with van der Waals surface area (Å²) in [5.74, 6) is 1.28. The first-order valence-electron chi connectivity index (χ1n) is 7.56. The molecule has 0 saturated heterocycles. The third-order valence-electron chi connectivity index (χ3n) is 3.66. The molecule has 3 rings (SSSR count). The molecule has 0 unspecified atom stereocenters. The summed E-state index contributed by atoms with van der Waals surface area (Å²) in [6.07, 6.45) is 5.51. The largest absolute Gasteiger partial charge is 0.289 e. The van der Waals surface area contributed by atoms with E-state index >= 15 is 0 Å². The number of hydrogen-bond acceptors (Lipinski definition) is 0. The third kappa shape index (κ3) is 3.05. The fourth-order valence-electron chi connectivity index (χ4n) is 2.72. The Bertz CT molecular complexity index is 684. The Balaban J connectivity index is 2.01. The lowest BCUT2D eigenvalue weighted by atomic mass is 10.2. The molecule has 0 N–H and O–H groups in total. The average molecular weight is 277 g/mol. The summed E-state index contributed by atoms with van der Waals surface area (Å²) in [7, 11) is 0. The van der Waals surface area contributed by atoms with Gasteiger partial charge in [0.2, 0.25) is 0 Å². The Morgan fingerprint density at radius 2 is 1.57 bits per heavy atom. The number of hydrogen-bond donors (Lipinski definition) is 0. The molecular formula is C19H21N2+. The van der Waals surface area contributed by atoms with Crippen molar-refractivity contribution in [2.24, 2.45) is 0 Å². The number of nitrogens with zero attached hydrogens (tertiary/aromatic N) is 2. The molecule has 21 heavy (non-hydrogen) atoms. The number of benzene rings is 2. The molecule has 0 atom stereocenters. The molecule has 2 heteroatoms. The summed E-state index contributed by atoms with van der Waals surface area (Å²) >= 11 is 0. The van der Waals surface area contributed by atoms with E-state index in [9.17, 15) is 0 Å². The molecule has 2 nitrogen and oxygen atoms in total. The van der Waals surface area contributed by atoms with Gasteiger partial charge in [0.25, 0.3) is 5.82 Å². The highest BCUT2D eigenvalue weighted by Gasteiger charge is 2.18. The summed E-state index contributed by atoms with van der Waals surface area (Å²) in [5.41, 5.74) is 2.60. The predicted molar refractivity (Wildman–Crippen MR) is 85.9 cm³/mol. The molecule has 106 valence electrons. The van der Waals surface area contributed by atoms with Crippen molar-refractivity contribution in [3.8, 4) is 11.4 Å². The molecule has 0 spiro atoms. The lowest BCUT2D eigenvalue weighted by Gasteiger charge is -2.05. The Labute approximate surface area is 126 Å². The van der Waals surface area contributed by atoms with E-state index in [-0.39, 0.29) is 0 Å². The monoisotopic (exact) mass is 277 g/mol. The minimum absolute atomic E-state index is 0.905. The third-order valence-corrected chi connectivity index (χ3v) is 3.66. The fraction of sp³-hybridized carbons (Fsp3) is 0.211. The molecule has 1 aromatic heterocycles. The van der Waals surface area contributed by atoms with E-state index in [1.807, 2.05) is 0 Å². The molecule has 2 aromatic carbocycles. The minimum atomic E-state index is 0.905. The van der Waals surface area contributed by atoms with Gasteiger partial charge in [0.15, 0.2) is 0 Å². The summed E-state index contributed by atoms with van der Waals surface area (Å²) < 4.78 is 4.68. The maximum atomic E-state index is 2.35. The van der Waals surface area contributed by atoms with Gasteiger partial charge in [-0.1, -0.05) is 55.5 Å². The van der Waals surface area contributed by atoms with Crippen LogP contribution in [0.1, 0.15) is 18.9 Å². The van der Waals surface area contributed by atoms with Crippen LogP contribution in [0.3, 0.4) is 0 Å². The molecular weight excluding hydrogens is 256 g/mol. The van der Waals surface area contributed by atoms with Crippen LogP contribution in [-0.4, -0.2) is 4.57 Å². The predicted octanol–water partition coefficient (Wildman–Crippen LogP) is 3.90. The van der Waals surface area contributed by atoms with Crippen molar-refractivity contribution < 1.29 is 4.57 Å². The van der Waals surface area contributed by atoms with Crippen molar-refractivity contribution in [1.29, 1.82) is 0 Å². The first-order chi connectivity index (χ1) is 10.4. The van der Waals surface area contributed by atoms with Crippen LogP contribution in [-0.2, 0) is 13.1 Å². The van der Waals surface area contributed by atoms with Gasteiger partial charge in [0, 0.05) is 0 Å². The van der Waals surface area contributed by atoms with Crippen molar-refractivity contribution in [3.05, 3.63) is 78.6 Å². The molecule has 0 bridgehead atoms. The van der Waals surface area contributed by atoms with Gasteiger partial charge in [-0.2, -0.15) is 0 Å². The number of aryl methyl sites for hydroxylation is 1. The zero-order chi connectivity index (χ0) is 14.5. The molecule has 0 aliphatic carbocycles. The molecule has 3 aromatic rings. The van der Waals surface area contributed by atoms with E-state index < -0.39 is 0 Å². The molecule has 0 radical (unpaired) electrons. The van der Waals surface area contributed by atoms with Crippen LogP contribution in [0.4, 0.5) is 0 Å². The highest BCUT2D eigenvalue weighted by molar-refractivity contribution is 5.52. The second kappa shape index (κ2) is 6.40. The summed E-state index contributed by atoms with van der Waals surface area (Å²) in [5, 5.41) is 0. The van der Waals surface area contributed by atoms with E-state index in [1.165, 1.54) is 17.0 Å². The highest BCUT2D eigenvalue weighted by atomic mass is 15.1. The number of rotatable bonds is 5. The summed E-state index contributed by atoms with van der Waals surface area (Å²) in [4.78, 5) is 0. The second-order valence-electron chi connectivity index (χ2n) is 5.29. The minimum Gasteiger partial charge on any atom is -0.230 e. The SMILES string of the molecule is CCC[n+]1ccn(Cc2ccccc2)c1-c1ccccc1. The standard InChI is InChI=1S/C19H21N2/c1-2-13-20-14-15-21(16-17-9-5-3-6-10-17)19(20)18-11-7-4-8-12-18/h3-12,14-15H,2,13,16H2,1H3/q+1. The first-order valence-corrected chi connectivity index (χ1v) is 7.56. The van der Waals surface area contributed by atoms with Gasteiger partial charge in [-0.25, -0.2) is 9.13 Å². The van der Waals surface area contributed by atoms with Gasteiger partial charge in [0.1, 0.15) is 18.9 Å². The van der Waals surface area contributed by atoms with Crippen LogP contribution in [0.2, 0.25) is 0 Å². The molecule has 0 aliphatic heterocycles. The Morgan fingerprint density at radius 3 is 2.24 bits per heavy atom. The average Bonchev–Trinajstić information content (AvgIpc) is 2.92. The van der Waals surface area contributed by atoms with Gasteiger partial charge in [-0.15, -0.1) is 0 Å². The van der Waals surface area contributed by atoms with Gasteiger partial charge in [0.05, 0.1) is 12.1 Å². The first kappa shape index (κ1) is 13.6. The van der Waals surface area contributed by atoms with Crippen molar-refractivity contribution in [2.45, 2.75) is 26.4 Å². The van der Waals surface area contributed by atoms with E-state index in [2.05, 4.69) is 89.1 Å². The van der Waals surface area contributed by atoms with E-state index in [0.29, 0.717) is 0 Å². The van der Waals surface area contributed by atoms with Crippen molar-refractivity contribution in [1.82, 2.24) is 4.57 Å². The molecule has 0 aliphatic rings. The molecule has 0 saturated carbocycles. The van der Waals surface area contributed by atoms with E-state index in [4.69, 9.17) is 0 Å². The van der Waals surface area contributed by atoms with Crippen LogP contribution < -0.4 is 4.57 Å². The van der Waals surface area contributed by atoms with Crippen molar-refractivity contribution in [2.75, 3.05) is 0 Å². The van der Waals surface area contributed by atoms with Crippen molar-refractivity contribution in [3.63, 3.8) is 0 Å². The van der Waals surface area contributed by atoms with Gasteiger partial charge < -0.3 is 0 Å². The zero-order valence-electron chi connectivity index (χ0n) is 12.4. The fourth-order valence-corrected chi connectivity index (χ4v) is 2.72. The quantitative estimate of drug-likeness (QED) is 0.625. The molecule has 0 fully saturated rings. The van der Waals surface area contributed by atoms with Crippen LogP contribution in [0.25, 0.3) is 11.4 Å². The number of imidazole rings is 1. The van der Waals surface area contributed by atoms with E-state index in [0.717, 1.165) is 19.5 Å². The van der Waals surface area contributed by atoms with Crippen LogP contribution in [0.15, 0.2) is 73.1 Å². The van der Waals surface area contributed by atoms with Gasteiger partial charge in [-0.05, 0) is 24.1 Å². The number of aromatic nitrogens is 2. The lowest BCUT2D eigenvalue weighted by molar-refractivity contribution is -0.685. The molecule has 0 amide bonds. The Kier molecular flexibility index (Phi) is 4.15. The topological polar surface area (TPSA) is 8.81 Å². The van der Waals surface area contributed by atoms with Gasteiger partial charge in [-0.3, -0.25) is 0 Å². The Hall–Kier alpha value is -2.35. The van der Waals surface area contributed by atoms with Gasteiger partial charge >= 0.3 is 0 Å². The molecule has 1 heterocycles. The maximum Gasteiger partial charge on any atom is 0.289 e. The van der Waals surface area contributed by atoms with E-state index in [1.54, 1.807) is 0 Å². The smallest absolute Gasteiger partial charge is 0.230 e. The highest BCUT2D eigenvalue weighted by Crippen LogP contribution is 2.17. The zero-order valence-corrected chi connectivity index (χ0v) is 12.4. The van der Waals surface area contributed by atoms with Crippen LogP contribution in [0, 0.1) is 0 Å². The summed E-state index contributed by atoms with van der Waals surface area (Å²) in [6, 6.07) is 21.3. The Morgan fingerprint density at radius 1 is 0.905 bits per heavy atom. The van der Waals surface area contributed by atoms with Crippen molar-refractivity contribution >= 4 is 0 Å². The second-order valence-corrected chi connectivity index (χ2v) is 5.29. The van der Waals surface area contributed by atoms with Crippen LogP contribution >= 0.6 is 0 Å². The normalized spacial score (nSPS) is 10.7. The van der Waals surface area contributed by atoms with Crippen LogP contribution in [0.5, 0.6) is 0 Å². The lowest BCUT2D eigenvalue weighted by Crippen LogP contribution is -2.34.